The average molecular weight is 184 g/mol. The molecule has 0 radical (unpaired) electrons. The van der Waals surface area contributed by atoms with Gasteiger partial charge in [-0.2, -0.15) is 0 Å². The van der Waals surface area contributed by atoms with Crippen LogP contribution in [0.15, 0.2) is 30.3 Å². The third-order valence-corrected chi connectivity index (χ3v) is 1.84. The molecule has 0 heterocycles. The molecular formula is C9H12O4. The predicted molar refractivity (Wildman–Crippen MR) is 45.7 cm³/mol. The van der Waals surface area contributed by atoms with Gasteiger partial charge in [-0.1, -0.05) is 30.3 Å². The van der Waals surface area contributed by atoms with E-state index in [0.29, 0.717) is 0 Å². The van der Waals surface area contributed by atoms with E-state index in [1.807, 2.05) is 0 Å². The summed E-state index contributed by atoms with van der Waals surface area (Å²) in [5, 5.41) is 36.5. The van der Waals surface area contributed by atoms with Gasteiger partial charge in [0.25, 0.3) is 0 Å². The van der Waals surface area contributed by atoms with Crippen LogP contribution >= 0.6 is 0 Å². The van der Waals surface area contributed by atoms with E-state index in [0.717, 1.165) is 0 Å². The standard InChI is InChI=1S/C9H12O4/c10-6-8(11)9(12,13)7-4-2-1-3-5-7/h1-5,8,10-13H,6H2. The van der Waals surface area contributed by atoms with E-state index in [1.54, 1.807) is 18.2 Å². The first-order valence-electron chi connectivity index (χ1n) is 3.88. The molecule has 0 spiro atoms. The van der Waals surface area contributed by atoms with E-state index in [4.69, 9.17) is 10.2 Å². The molecule has 4 N–H and O–H groups in total. The van der Waals surface area contributed by atoms with Gasteiger partial charge in [0.15, 0.2) is 0 Å². The van der Waals surface area contributed by atoms with Gasteiger partial charge in [0.2, 0.25) is 5.79 Å². The van der Waals surface area contributed by atoms with Crippen LogP contribution in [0.5, 0.6) is 0 Å². The lowest BCUT2D eigenvalue weighted by Crippen LogP contribution is -2.41. The second kappa shape index (κ2) is 3.85. The maximum atomic E-state index is 9.40. The van der Waals surface area contributed by atoms with Gasteiger partial charge < -0.3 is 20.4 Å². The molecule has 0 saturated carbocycles. The fraction of sp³-hybridized carbons (Fsp3) is 0.333. The molecule has 0 aliphatic carbocycles. The molecule has 0 fully saturated rings. The molecule has 1 unspecified atom stereocenters. The third kappa shape index (κ3) is 2.05. The molecule has 4 nitrogen and oxygen atoms in total. The van der Waals surface area contributed by atoms with Crippen molar-refractivity contribution in [3.8, 4) is 0 Å². The van der Waals surface area contributed by atoms with Crippen molar-refractivity contribution in [2.75, 3.05) is 6.61 Å². The molecular weight excluding hydrogens is 172 g/mol. The molecule has 0 aromatic heterocycles. The highest BCUT2D eigenvalue weighted by Crippen LogP contribution is 2.21. The van der Waals surface area contributed by atoms with E-state index < -0.39 is 18.5 Å². The zero-order chi connectivity index (χ0) is 9.90. The minimum atomic E-state index is -2.39. The SMILES string of the molecule is OCC(O)C(O)(O)c1ccccc1. The van der Waals surface area contributed by atoms with Crippen molar-refractivity contribution in [3.05, 3.63) is 35.9 Å². The van der Waals surface area contributed by atoms with E-state index in [-0.39, 0.29) is 5.56 Å². The van der Waals surface area contributed by atoms with Crippen LogP contribution in [0.3, 0.4) is 0 Å². The normalized spacial score (nSPS) is 14.2. The van der Waals surface area contributed by atoms with Gasteiger partial charge >= 0.3 is 0 Å². The summed E-state index contributed by atoms with van der Waals surface area (Å²) in [5.41, 5.74) is 0.150. The largest absolute Gasteiger partial charge is 0.393 e. The summed E-state index contributed by atoms with van der Waals surface area (Å²) in [5.74, 6) is -2.39. The van der Waals surface area contributed by atoms with E-state index >= 15 is 0 Å². The van der Waals surface area contributed by atoms with Crippen LogP contribution in [0, 0.1) is 0 Å². The van der Waals surface area contributed by atoms with Crippen molar-refractivity contribution in [2.45, 2.75) is 11.9 Å². The van der Waals surface area contributed by atoms with Gasteiger partial charge in [0, 0.05) is 5.56 Å². The van der Waals surface area contributed by atoms with Gasteiger partial charge in [-0.25, -0.2) is 0 Å². The quantitative estimate of drug-likeness (QED) is 0.462. The first-order valence-corrected chi connectivity index (χ1v) is 3.88. The van der Waals surface area contributed by atoms with Crippen LogP contribution in [0.2, 0.25) is 0 Å². The topological polar surface area (TPSA) is 80.9 Å². The number of benzene rings is 1. The number of aliphatic hydroxyl groups is 4. The molecule has 1 atom stereocenters. The van der Waals surface area contributed by atoms with Crippen molar-refractivity contribution in [2.24, 2.45) is 0 Å². The summed E-state index contributed by atoms with van der Waals surface area (Å²) < 4.78 is 0. The average Bonchev–Trinajstić information content (AvgIpc) is 2.18. The summed E-state index contributed by atoms with van der Waals surface area (Å²) in [6.07, 6.45) is -1.60. The van der Waals surface area contributed by atoms with E-state index in [1.165, 1.54) is 12.1 Å². The molecule has 72 valence electrons. The minimum Gasteiger partial charge on any atom is -0.393 e. The zero-order valence-corrected chi connectivity index (χ0v) is 6.96. The Morgan fingerprint density at radius 2 is 1.69 bits per heavy atom. The highest BCUT2D eigenvalue weighted by atomic mass is 16.5. The van der Waals surface area contributed by atoms with Gasteiger partial charge in [0.1, 0.15) is 6.10 Å². The maximum absolute atomic E-state index is 9.40. The smallest absolute Gasteiger partial charge is 0.219 e. The Hall–Kier alpha value is -0.940. The Bertz CT molecular complexity index is 258. The number of hydrogen-bond donors (Lipinski definition) is 4. The van der Waals surface area contributed by atoms with Crippen LogP contribution < -0.4 is 0 Å². The second-order valence-corrected chi connectivity index (χ2v) is 2.79. The third-order valence-electron chi connectivity index (χ3n) is 1.84. The first-order chi connectivity index (χ1) is 6.09. The first kappa shape index (κ1) is 10.1. The van der Waals surface area contributed by atoms with Crippen LogP contribution in [0.4, 0.5) is 0 Å². The van der Waals surface area contributed by atoms with Gasteiger partial charge in [0.05, 0.1) is 6.61 Å². The molecule has 0 amide bonds. The second-order valence-electron chi connectivity index (χ2n) is 2.79. The van der Waals surface area contributed by atoms with Gasteiger partial charge in [-0.05, 0) is 0 Å². The van der Waals surface area contributed by atoms with Gasteiger partial charge in [-0.3, -0.25) is 0 Å². The summed E-state index contributed by atoms with van der Waals surface area (Å²) in [6.45, 7) is -0.706. The van der Waals surface area contributed by atoms with Crippen molar-refractivity contribution in [1.82, 2.24) is 0 Å². The lowest BCUT2D eigenvalue weighted by molar-refractivity contribution is -0.241. The summed E-state index contributed by atoms with van der Waals surface area (Å²) >= 11 is 0. The summed E-state index contributed by atoms with van der Waals surface area (Å²) in [4.78, 5) is 0. The number of aliphatic hydroxyl groups excluding tert-OH is 2. The van der Waals surface area contributed by atoms with Crippen LogP contribution in [0.25, 0.3) is 0 Å². The molecule has 0 bridgehead atoms. The van der Waals surface area contributed by atoms with Crippen molar-refractivity contribution in [3.63, 3.8) is 0 Å². The number of hydrogen-bond acceptors (Lipinski definition) is 4. The van der Waals surface area contributed by atoms with Crippen molar-refractivity contribution >= 4 is 0 Å². The fourth-order valence-corrected chi connectivity index (χ4v) is 1.00. The molecule has 0 saturated heterocycles. The highest BCUT2D eigenvalue weighted by Gasteiger charge is 2.34. The highest BCUT2D eigenvalue weighted by molar-refractivity contribution is 5.20. The summed E-state index contributed by atoms with van der Waals surface area (Å²) in [6, 6.07) is 7.85. The molecule has 1 rings (SSSR count). The Morgan fingerprint density at radius 3 is 2.15 bits per heavy atom. The Balaban J connectivity index is 2.93. The molecule has 1 aromatic carbocycles. The van der Waals surface area contributed by atoms with Crippen molar-refractivity contribution in [1.29, 1.82) is 0 Å². The van der Waals surface area contributed by atoms with Gasteiger partial charge in [-0.15, -0.1) is 0 Å². The maximum Gasteiger partial charge on any atom is 0.219 e. The minimum absolute atomic E-state index is 0.150. The fourth-order valence-electron chi connectivity index (χ4n) is 1.00. The van der Waals surface area contributed by atoms with Crippen LogP contribution in [-0.4, -0.2) is 33.1 Å². The van der Waals surface area contributed by atoms with Crippen LogP contribution in [0.1, 0.15) is 5.56 Å². The molecule has 0 aliphatic rings. The lowest BCUT2D eigenvalue weighted by atomic mass is 10.0. The Labute approximate surface area is 75.7 Å². The van der Waals surface area contributed by atoms with Crippen LogP contribution in [-0.2, 0) is 5.79 Å². The molecule has 1 aromatic rings. The summed E-state index contributed by atoms with van der Waals surface area (Å²) in [7, 11) is 0. The van der Waals surface area contributed by atoms with Crippen molar-refractivity contribution < 1.29 is 20.4 Å². The lowest BCUT2D eigenvalue weighted by Gasteiger charge is -2.26. The number of rotatable bonds is 3. The molecule has 13 heavy (non-hydrogen) atoms. The van der Waals surface area contributed by atoms with E-state index in [9.17, 15) is 10.2 Å². The van der Waals surface area contributed by atoms with E-state index in [2.05, 4.69) is 0 Å². The molecule has 4 heteroatoms. The predicted octanol–water partition coefficient (Wildman–Crippen LogP) is -0.823. The zero-order valence-electron chi connectivity index (χ0n) is 6.96. The Kier molecular flexibility index (Phi) is 3.00. The Morgan fingerprint density at radius 1 is 1.15 bits per heavy atom. The monoisotopic (exact) mass is 184 g/mol. The molecule has 0 aliphatic heterocycles.